The van der Waals surface area contributed by atoms with E-state index < -0.39 is 6.29 Å². The molecule has 2 aromatic rings. The van der Waals surface area contributed by atoms with Crippen LogP contribution in [0.15, 0.2) is 36.7 Å². The van der Waals surface area contributed by atoms with Crippen LogP contribution in [0.25, 0.3) is 17.6 Å². The molecule has 1 unspecified atom stereocenters. The van der Waals surface area contributed by atoms with E-state index in [1.165, 1.54) is 10.8 Å². The van der Waals surface area contributed by atoms with Crippen molar-refractivity contribution in [2.24, 2.45) is 0 Å². The van der Waals surface area contributed by atoms with Gasteiger partial charge >= 0.3 is 0 Å². The largest absolute Gasteiger partial charge is 0.365 e. The van der Waals surface area contributed by atoms with Gasteiger partial charge < -0.3 is 15.2 Å². The van der Waals surface area contributed by atoms with E-state index in [-0.39, 0.29) is 6.10 Å². The lowest BCUT2D eigenvalue weighted by atomic mass is 10.2. The molecule has 7 heteroatoms. The molecule has 1 fully saturated rings. The number of halogens is 1. The van der Waals surface area contributed by atoms with Crippen molar-refractivity contribution in [3.63, 3.8) is 0 Å². The highest BCUT2D eigenvalue weighted by molar-refractivity contribution is 6.30. The number of benzene rings is 1. The highest BCUT2D eigenvalue weighted by atomic mass is 35.5. The van der Waals surface area contributed by atoms with Gasteiger partial charge in [-0.05, 0) is 18.2 Å². The van der Waals surface area contributed by atoms with Gasteiger partial charge in [0.2, 0.25) is 0 Å². The van der Waals surface area contributed by atoms with Gasteiger partial charge in [0.05, 0.1) is 6.10 Å². The van der Waals surface area contributed by atoms with Crippen molar-refractivity contribution in [3.8, 4) is 11.4 Å². The van der Waals surface area contributed by atoms with E-state index in [9.17, 15) is 5.11 Å². The number of nitrogens with one attached hydrogen (secondary N) is 1. The molecule has 1 aliphatic rings. The fourth-order valence-electron chi connectivity index (χ4n) is 1.87. The molecule has 2 heterocycles. The summed E-state index contributed by atoms with van der Waals surface area (Å²) in [4.78, 5) is 4.20. The Morgan fingerprint density at radius 1 is 1.48 bits per heavy atom. The molecule has 1 atom stereocenters. The Balaban J connectivity index is 1.64. The molecule has 0 saturated carbocycles. The second kappa shape index (κ2) is 6.36. The average Bonchev–Trinajstić information content (AvgIpc) is 2.90. The van der Waals surface area contributed by atoms with Crippen molar-refractivity contribution >= 4 is 17.8 Å². The van der Waals surface area contributed by atoms with Gasteiger partial charge in [-0.25, -0.2) is 9.67 Å². The van der Waals surface area contributed by atoms with Crippen LogP contribution in [0.5, 0.6) is 0 Å². The fourth-order valence-corrected chi connectivity index (χ4v) is 2.06. The predicted octanol–water partition coefficient (Wildman–Crippen LogP) is 1.38. The topological polar surface area (TPSA) is 72.2 Å². The molecule has 1 saturated heterocycles. The van der Waals surface area contributed by atoms with Gasteiger partial charge in [-0.15, -0.1) is 5.10 Å². The zero-order valence-corrected chi connectivity index (χ0v) is 11.9. The van der Waals surface area contributed by atoms with Crippen LogP contribution in [-0.2, 0) is 4.74 Å². The Morgan fingerprint density at radius 2 is 2.33 bits per heavy atom. The maximum absolute atomic E-state index is 9.69. The number of aliphatic hydroxyl groups excluding tert-OH is 1. The van der Waals surface area contributed by atoms with Crippen LogP contribution < -0.4 is 5.32 Å². The number of aliphatic hydroxyl groups is 1. The van der Waals surface area contributed by atoms with Gasteiger partial charge in [-0.3, -0.25) is 0 Å². The number of hydrogen-bond donors (Lipinski definition) is 2. The number of rotatable bonds is 5. The van der Waals surface area contributed by atoms with Crippen molar-refractivity contribution < 1.29 is 9.84 Å². The Hall–Kier alpha value is -1.73. The van der Waals surface area contributed by atoms with Crippen LogP contribution in [0.1, 0.15) is 0 Å². The molecular formula is C14H15ClN4O2. The van der Waals surface area contributed by atoms with Crippen molar-refractivity contribution in [3.05, 3.63) is 41.7 Å². The summed E-state index contributed by atoms with van der Waals surface area (Å²) in [7, 11) is 0. The van der Waals surface area contributed by atoms with Crippen LogP contribution in [-0.4, -0.2) is 45.4 Å². The molecule has 0 radical (unpaired) electrons. The average molecular weight is 307 g/mol. The molecule has 6 nitrogen and oxygen atoms in total. The summed E-state index contributed by atoms with van der Waals surface area (Å²) >= 11 is 5.94. The van der Waals surface area contributed by atoms with E-state index in [1.54, 1.807) is 24.7 Å². The molecule has 110 valence electrons. The quantitative estimate of drug-likeness (QED) is 0.817. The Labute approximate surface area is 127 Å². The fraction of sp³-hybridized carbons (Fsp3) is 0.286. The summed E-state index contributed by atoms with van der Waals surface area (Å²) in [6.45, 7) is 1.54. The minimum absolute atomic E-state index is 0.0717. The monoisotopic (exact) mass is 306 g/mol. The van der Waals surface area contributed by atoms with Crippen LogP contribution in [0.4, 0.5) is 0 Å². The maximum Gasteiger partial charge on any atom is 0.181 e. The third kappa shape index (κ3) is 3.68. The Morgan fingerprint density at radius 3 is 3.05 bits per heavy atom. The van der Waals surface area contributed by atoms with Crippen molar-refractivity contribution in [2.75, 3.05) is 13.1 Å². The molecule has 1 aliphatic heterocycles. The van der Waals surface area contributed by atoms with Crippen LogP contribution in [0, 0.1) is 0 Å². The van der Waals surface area contributed by atoms with E-state index >= 15 is 0 Å². The minimum Gasteiger partial charge on any atom is -0.365 e. The maximum atomic E-state index is 9.69. The first kappa shape index (κ1) is 14.2. The predicted molar refractivity (Wildman–Crippen MR) is 79.5 cm³/mol. The van der Waals surface area contributed by atoms with E-state index in [2.05, 4.69) is 15.4 Å². The highest BCUT2D eigenvalue weighted by Gasteiger charge is 2.19. The number of ether oxygens (including phenoxy) is 1. The van der Waals surface area contributed by atoms with Gasteiger partial charge in [0, 0.05) is 29.9 Å². The third-order valence-electron chi connectivity index (χ3n) is 3.07. The summed E-state index contributed by atoms with van der Waals surface area (Å²) in [5.41, 5.74) is 0.840. The summed E-state index contributed by atoms with van der Waals surface area (Å²) in [5, 5.41) is 17.7. The number of aromatic nitrogens is 3. The third-order valence-corrected chi connectivity index (χ3v) is 3.31. The summed E-state index contributed by atoms with van der Waals surface area (Å²) in [5.74, 6) is 0.570. The van der Waals surface area contributed by atoms with Crippen LogP contribution >= 0.6 is 11.6 Å². The standard InChI is InChI=1S/C14H15ClN4O2/c15-11-3-1-2-10(6-11)14-17-9-19(18-14)5-4-13(20)21-12-7-16-8-12/h1-6,9,12-13,16,20H,7-8H2/b5-4+. The first-order chi connectivity index (χ1) is 10.2. The lowest BCUT2D eigenvalue weighted by molar-refractivity contribution is -0.118. The number of hydrogen-bond acceptors (Lipinski definition) is 5. The van der Waals surface area contributed by atoms with E-state index in [0.717, 1.165) is 18.7 Å². The summed E-state index contributed by atoms with van der Waals surface area (Å²) in [6.07, 6.45) is 3.81. The van der Waals surface area contributed by atoms with Gasteiger partial charge in [-0.1, -0.05) is 23.7 Å². The minimum atomic E-state index is -0.948. The van der Waals surface area contributed by atoms with Crippen LogP contribution in [0.2, 0.25) is 5.02 Å². The second-order valence-corrected chi connectivity index (χ2v) is 5.14. The molecule has 1 aromatic heterocycles. The van der Waals surface area contributed by atoms with Gasteiger partial charge in [-0.2, -0.15) is 0 Å². The van der Waals surface area contributed by atoms with Crippen molar-refractivity contribution in [2.45, 2.75) is 12.4 Å². The summed E-state index contributed by atoms with van der Waals surface area (Å²) in [6, 6.07) is 7.33. The molecule has 0 bridgehead atoms. The molecule has 21 heavy (non-hydrogen) atoms. The van der Waals surface area contributed by atoms with E-state index in [0.29, 0.717) is 10.8 Å². The molecule has 1 aromatic carbocycles. The van der Waals surface area contributed by atoms with Crippen molar-refractivity contribution in [1.29, 1.82) is 0 Å². The highest BCUT2D eigenvalue weighted by Crippen LogP contribution is 2.18. The van der Waals surface area contributed by atoms with Gasteiger partial charge in [0.15, 0.2) is 12.1 Å². The Bertz CT molecular complexity index is 639. The second-order valence-electron chi connectivity index (χ2n) is 4.71. The lowest BCUT2D eigenvalue weighted by Crippen LogP contribution is -2.49. The SMILES string of the molecule is OC(/C=C/n1cnc(-c2cccc(Cl)c2)n1)OC1CNC1. The zero-order valence-electron chi connectivity index (χ0n) is 11.2. The molecule has 0 amide bonds. The normalized spacial score (nSPS) is 17.0. The van der Waals surface area contributed by atoms with E-state index in [4.69, 9.17) is 16.3 Å². The Kier molecular flexibility index (Phi) is 4.31. The molecule has 0 aliphatic carbocycles. The molecule has 3 rings (SSSR count). The molecule has 0 spiro atoms. The molecular weight excluding hydrogens is 292 g/mol. The van der Waals surface area contributed by atoms with Gasteiger partial charge in [0.1, 0.15) is 6.33 Å². The van der Waals surface area contributed by atoms with Crippen molar-refractivity contribution in [1.82, 2.24) is 20.1 Å². The number of nitrogens with zero attached hydrogens (tertiary/aromatic N) is 3. The first-order valence-corrected chi connectivity index (χ1v) is 6.98. The first-order valence-electron chi connectivity index (χ1n) is 6.60. The summed E-state index contributed by atoms with van der Waals surface area (Å²) < 4.78 is 6.86. The van der Waals surface area contributed by atoms with Crippen LogP contribution in [0.3, 0.4) is 0 Å². The molecule has 2 N–H and O–H groups in total. The van der Waals surface area contributed by atoms with Gasteiger partial charge in [0.25, 0.3) is 0 Å². The van der Waals surface area contributed by atoms with E-state index in [1.807, 2.05) is 12.1 Å². The zero-order chi connectivity index (χ0) is 14.7. The smallest absolute Gasteiger partial charge is 0.181 e. The lowest BCUT2D eigenvalue weighted by Gasteiger charge is -2.28.